The second-order valence-corrected chi connectivity index (χ2v) is 7.91. The molecule has 8 nitrogen and oxygen atoms in total. The molecule has 158 valence electrons. The maximum atomic E-state index is 12.6. The molecule has 3 rings (SSSR count). The Kier molecular flexibility index (Phi) is 6.83. The number of anilines is 2. The summed E-state index contributed by atoms with van der Waals surface area (Å²) in [5, 5.41) is 7.11. The fourth-order valence-corrected chi connectivity index (χ4v) is 3.87. The highest BCUT2D eigenvalue weighted by molar-refractivity contribution is 7.12. The first-order valence-electron chi connectivity index (χ1n) is 9.58. The number of carbonyl (C=O) groups is 4. The number of rotatable bonds is 6. The molecule has 1 unspecified atom stereocenters. The number of likely N-dealkylation sites (tertiary alicyclic amines) is 1. The summed E-state index contributed by atoms with van der Waals surface area (Å²) in [6.07, 6.45) is 0.194. The zero-order chi connectivity index (χ0) is 21.7. The summed E-state index contributed by atoms with van der Waals surface area (Å²) in [6.45, 7) is 3.38. The number of nitrogens with zero attached hydrogens (tertiary/aromatic N) is 1. The van der Waals surface area contributed by atoms with Gasteiger partial charge in [-0.1, -0.05) is 6.07 Å². The SMILES string of the molecule is CC(=O)Nc1ccc(NC(=O)C(C)OC(=O)[C@@H]2CCCN2C(=O)c2cccs2)cc1. The molecule has 1 fully saturated rings. The van der Waals surface area contributed by atoms with E-state index in [4.69, 9.17) is 4.74 Å². The summed E-state index contributed by atoms with van der Waals surface area (Å²) in [5.74, 6) is -1.45. The Morgan fingerprint density at radius 1 is 1.10 bits per heavy atom. The van der Waals surface area contributed by atoms with Gasteiger partial charge in [-0.15, -0.1) is 11.3 Å². The molecule has 2 heterocycles. The van der Waals surface area contributed by atoms with Crippen molar-refractivity contribution in [1.82, 2.24) is 4.90 Å². The summed E-state index contributed by atoms with van der Waals surface area (Å²) in [7, 11) is 0. The molecule has 3 amide bonds. The van der Waals surface area contributed by atoms with E-state index in [-0.39, 0.29) is 11.8 Å². The normalized spacial score (nSPS) is 16.6. The number of benzene rings is 1. The van der Waals surface area contributed by atoms with Crippen molar-refractivity contribution in [2.24, 2.45) is 0 Å². The number of hydrogen-bond acceptors (Lipinski definition) is 6. The highest BCUT2D eigenvalue weighted by Crippen LogP contribution is 2.23. The lowest BCUT2D eigenvalue weighted by atomic mass is 10.2. The maximum Gasteiger partial charge on any atom is 0.329 e. The van der Waals surface area contributed by atoms with Gasteiger partial charge in [0.15, 0.2) is 6.10 Å². The lowest BCUT2D eigenvalue weighted by molar-refractivity contribution is -0.156. The summed E-state index contributed by atoms with van der Waals surface area (Å²) in [5.41, 5.74) is 1.11. The summed E-state index contributed by atoms with van der Waals surface area (Å²) in [6, 6.07) is 9.40. The van der Waals surface area contributed by atoms with Gasteiger partial charge < -0.3 is 20.3 Å². The van der Waals surface area contributed by atoms with Crippen molar-refractivity contribution in [2.75, 3.05) is 17.2 Å². The van der Waals surface area contributed by atoms with E-state index < -0.39 is 24.0 Å². The smallest absolute Gasteiger partial charge is 0.329 e. The third-order valence-electron chi connectivity index (χ3n) is 4.65. The van der Waals surface area contributed by atoms with E-state index in [9.17, 15) is 19.2 Å². The minimum absolute atomic E-state index is 0.189. The Morgan fingerprint density at radius 2 is 1.77 bits per heavy atom. The molecule has 0 aliphatic carbocycles. The van der Waals surface area contributed by atoms with Gasteiger partial charge in [-0.25, -0.2) is 4.79 Å². The van der Waals surface area contributed by atoms with Crippen molar-refractivity contribution in [3.05, 3.63) is 46.7 Å². The van der Waals surface area contributed by atoms with Crippen LogP contribution in [0.3, 0.4) is 0 Å². The molecule has 0 spiro atoms. The molecular formula is C21H23N3O5S. The number of esters is 1. The van der Waals surface area contributed by atoms with Gasteiger partial charge in [-0.2, -0.15) is 0 Å². The van der Waals surface area contributed by atoms with Gasteiger partial charge in [-0.05, 0) is 55.5 Å². The Hall–Kier alpha value is -3.20. The third-order valence-corrected chi connectivity index (χ3v) is 5.51. The largest absolute Gasteiger partial charge is 0.451 e. The van der Waals surface area contributed by atoms with Crippen LogP contribution in [-0.2, 0) is 19.1 Å². The van der Waals surface area contributed by atoms with E-state index in [2.05, 4.69) is 10.6 Å². The molecule has 2 atom stereocenters. The van der Waals surface area contributed by atoms with Crippen LogP contribution in [0.1, 0.15) is 36.4 Å². The molecule has 9 heteroatoms. The van der Waals surface area contributed by atoms with Crippen LogP contribution in [0.2, 0.25) is 0 Å². The zero-order valence-corrected chi connectivity index (χ0v) is 17.5. The first-order chi connectivity index (χ1) is 14.3. The lowest BCUT2D eigenvalue weighted by Gasteiger charge is -2.24. The van der Waals surface area contributed by atoms with Gasteiger partial charge in [-0.3, -0.25) is 14.4 Å². The van der Waals surface area contributed by atoms with Gasteiger partial charge in [0, 0.05) is 24.8 Å². The van der Waals surface area contributed by atoms with E-state index >= 15 is 0 Å². The van der Waals surface area contributed by atoms with Crippen LogP contribution in [-0.4, -0.2) is 47.3 Å². The average molecular weight is 429 g/mol. The first-order valence-corrected chi connectivity index (χ1v) is 10.5. The lowest BCUT2D eigenvalue weighted by Crippen LogP contribution is -2.43. The molecule has 2 aromatic rings. The minimum Gasteiger partial charge on any atom is -0.451 e. The molecule has 1 aromatic carbocycles. The molecule has 2 N–H and O–H groups in total. The molecule has 1 aliphatic heterocycles. The van der Waals surface area contributed by atoms with Gasteiger partial charge in [0.25, 0.3) is 11.8 Å². The van der Waals surface area contributed by atoms with E-state index in [1.165, 1.54) is 30.1 Å². The van der Waals surface area contributed by atoms with Crippen molar-refractivity contribution >= 4 is 46.4 Å². The van der Waals surface area contributed by atoms with Crippen LogP contribution in [0.25, 0.3) is 0 Å². The van der Waals surface area contributed by atoms with Gasteiger partial charge in [0.2, 0.25) is 5.91 Å². The van der Waals surface area contributed by atoms with Crippen LogP contribution < -0.4 is 10.6 Å². The fraction of sp³-hybridized carbons (Fsp3) is 0.333. The molecule has 0 radical (unpaired) electrons. The molecule has 1 aromatic heterocycles. The second kappa shape index (κ2) is 9.53. The predicted molar refractivity (Wildman–Crippen MR) is 113 cm³/mol. The standard InChI is InChI=1S/C21H23N3O5S/c1-13(19(26)23-16-9-7-15(8-10-16)22-14(2)25)29-21(28)17-5-3-11-24(17)20(27)18-6-4-12-30-18/h4,6-10,12-13,17H,3,5,11H2,1-2H3,(H,22,25)(H,23,26)/t13?,17-/m0/s1. The van der Waals surface area contributed by atoms with Gasteiger partial charge in [0.05, 0.1) is 4.88 Å². The highest BCUT2D eigenvalue weighted by atomic mass is 32.1. The number of carbonyl (C=O) groups excluding carboxylic acids is 4. The summed E-state index contributed by atoms with van der Waals surface area (Å²) >= 11 is 1.33. The fourth-order valence-electron chi connectivity index (χ4n) is 3.19. The number of amides is 3. The van der Waals surface area contributed by atoms with E-state index in [1.807, 2.05) is 5.38 Å². The number of hydrogen-bond donors (Lipinski definition) is 2. The minimum atomic E-state index is -1.02. The third kappa shape index (κ3) is 5.24. The molecule has 0 bridgehead atoms. The summed E-state index contributed by atoms with van der Waals surface area (Å²) in [4.78, 5) is 50.7. The molecule has 1 aliphatic rings. The summed E-state index contributed by atoms with van der Waals surface area (Å²) < 4.78 is 5.34. The van der Waals surface area contributed by atoms with Crippen LogP contribution in [0.4, 0.5) is 11.4 Å². The van der Waals surface area contributed by atoms with Crippen molar-refractivity contribution in [3.63, 3.8) is 0 Å². The monoisotopic (exact) mass is 429 g/mol. The Bertz CT molecular complexity index is 927. The van der Waals surface area contributed by atoms with Crippen LogP contribution in [0.15, 0.2) is 41.8 Å². The number of thiophene rings is 1. The van der Waals surface area contributed by atoms with Crippen molar-refractivity contribution in [2.45, 2.75) is 38.8 Å². The van der Waals surface area contributed by atoms with E-state index in [0.717, 1.165) is 0 Å². The quantitative estimate of drug-likeness (QED) is 0.687. The van der Waals surface area contributed by atoms with E-state index in [1.54, 1.807) is 36.4 Å². The molecule has 0 saturated carbocycles. The molecule has 1 saturated heterocycles. The first kappa shape index (κ1) is 21.5. The second-order valence-electron chi connectivity index (χ2n) is 6.96. The van der Waals surface area contributed by atoms with Crippen LogP contribution in [0.5, 0.6) is 0 Å². The van der Waals surface area contributed by atoms with Gasteiger partial charge >= 0.3 is 5.97 Å². The van der Waals surface area contributed by atoms with Crippen molar-refractivity contribution < 1.29 is 23.9 Å². The zero-order valence-electron chi connectivity index (χ0n) is 16.7. The van der Waals surface area contributed by atoms with Crippen molar-refractivity contribution in [1.29, 1.82) is 0 Å². The predicted octanol–water partition coefficient (Wildman–Crippen LogP) is 2.88. The Labute approximate surface area is 178 Å². The average Bonchev–Trinajstić information content (AvgIpc) is 3.40. The Morgan fingerprint density at radius 3 is 2.37 bits per heavy atom. The number of ether oxygens (including phenoxy) is 1. The maximum absolute atomic E-state index is 12.6. The molecule has 30 heavy (non-hydrogen) atoms. The highest BCUT2D eigenvalue weighted by Gasteiger charge is 2.37. The van der Waals surface area contributed by atoms with Crippen LogP contribution in [0, 0.1) is 0 Å². The van der Waals surface area contributed by atoms with Crippen LogP contribution >= 0.6 is 11.3 Å². The molecular weight excluding hydrogens is 406 g/mol. The van der Waals surface area contributed by atoms with Gasteiger partial charge in [0.1, 0.15) is 6.04 Å². The van der Waals surface area contributed by atoms with E-state index in [0.29, 0.717) is 35.6 Å². The Balaban J connectivity index is 1.56. The topological polar surface area (TPSA) is 105 Å². The number of nitrogens with one attached hydrogen (secondary N) is 2. The van der Waals surface area contributed by atoms with Crippen molar-refractivity contribution in [3.8, 4) is 0 Å².